The normalized spacial score (nSPS) is 11.8. The van der Waals surface area contributed by atoms with Crippen molar-refractivity contribution in [2.24, 2.45) is 0 Å². The first-order chi connectivity index (χ1) is 14.2. The van der Waals surface area contributed by atoms with Gasteiger partial charge in [-0.2, -0.15) is 0 Å². The molecule has 0 aliphatic carbocycles. The average Bonchev–Trinajstić information content (AvgIpc) is 2.65. The van der Waals surface area contributed by atoms with Gasteiger partial charge in [0.15, 0.2) is 9.84 Å². The molecule has 0 saturated carbocycles. The number of nitrogens with one attached hydrogen (secondary N) is 2. The Balaban J connectivity index is 2.54. The topological polar surface area (TPSA) is 143 Å². The monoisotopic (exact) mass is 461 g/mol. The summed E-state index contributed by atoms with van der Waals surface area (Å²) < 4.78 is 40.9. The van der Waals surface area contributed by atoms with Gasteiger partial charge < -0.3 is 33.8 Å². The van der Waals surface area contributed by atoms with Crippen molar-refractivity contribution in [3.63, 3.8) is 0 Å². The number of aliphatic carboxylic acids is 1. The van der Waals surface area contributed by atoms with E-state index in [0.717, 1.165) is 0 Å². The van der Waals surface area contributed by atoms with Crippen molar-refractivity contribution in [2.75, 3.05) is 37.4 Å². The highest BCUT2D eigenvalue weighted by atomic mass is 32.2. The largest absolute Gasteiger partial charge is 0.549 e. The summed E-state index contributed by atoms with van der Waals surface area (Å²) in [4.78, 5) is 22.4. The van der Waals surface area contributed by atoms with Gasteiger partial charge in [0.25, 0.3) is 0 Å². The van der Waals surface area contributed by atoms with E-state index < -0.39 is 36.4 Å². The van der Waals surface area contributed by atoms with Gasteiger partial charge in [-0.25, -0.2) is 13.2 Å². The lowest BCUT2D eigenvalue weighted by Crippen LogP contribution is -2.46. The Labute approximate surface area is 178 Å². The SMILES string of the molecule is CCO[Si](CCCNC(=O)Nc1ccc(S(=O)(=O)CC(=O)[O-])cc1)(OCC)OCC. The van der Waals surface area contributed by atoms with Gasteiger partial charge >= 0.3 is 14.8 Å². The number of hydrogen-bond donors (Lipinski definition) is 2. The van der Waals surface area contributed by atoms with Crippen molar-refractivity contribution >= 4 is 36.3 Å². The number of carbonyl (C=O) groups excluding carboxylic acids is 2. The summed E-state index contributed by atoms with van der Waals surface area (Å²) in [5.74, 6) is -2.78. The summed E-state index contributed by atoms with van der Waals surface area (Å²) in [6.45, 7) is 7.44. The van der Waals surface area contributed by atoms with Crippen molar-refractivity contribution in [2.45, 2.75) is 38.1 Å². The number of urea groups is 1. The van der Waals surface area contributed by atoms with Gasteiger partial charge in [0.05, 0.1) is 16.6 Å². The molecule has 0 saturated heterocycles. The van der Waals surface area contributed by atoms with Crippen LogP contribution in [0, 0.1) is 0 Å². The van der Waals surface area contributed by atoms with Crippen molar-refractivity contribution in [1.29, 1.82) is 0 Å². The number of anilines is 1. The molecule has 12 heteroatoms. The zero-order valence-corrected chi connectivity index (χ0v) is 19.2. The second-order valence-electron chi connectivity index (χ2n) is 6.12. The Morgan fingerprint density at radius 1 is 1.00 bits per heavy atom. The molecular weight excluding hydrogens is 432 g/mol. The van der Waals surface area contributed by atoms with Crippen LogP contribution in [0.15, 0.2) is 29.2 Å². The first kappa shape index (κ1) is 26.0. The minimum absolute atomic E-state index is 0.165. The molecule has 0 spiro atoms. The Hall–Kier alpha value is -1.99. The molecule has 0 aliphatic heterocycles. The van der Waals surface area contributed by atoms with E-state index in [9.17, 15) is 23.1 Å². The maximum atomic E-state index is 12.0. The molecule has 0 heterocycles. The molecule has 30 heavy (non-hydrogen) atoms. The molecule has 0 radical (unpaired) electrons. The number of rotatable bonds is 14. The molecule has 1 rings (SSSR count). The number of sulfone groups is 1. The zero-order chi connectivity index (χ0) is 22.6. The van der Waals surface area contributed by atoms with Crippen molar-refractivity contribution in [3.8, 4) is 0 Å². The van der Waals surface area contributed by atoms with Gasteiger partial charge in [-0.15, -0.1) is 0 Å². The average molecular weight is 462 g/mol. The molecule has 10 nitrogen and oxygen atoms in total. The molecule has 0 aromatic heterocycles. The van der Waals surface area contributed by atoms with Crippen LogP contribution in [0.2, 0.25) is 6.04 Å². The Morgan fingerprint density at radius 2 is 1.53 bits per heavy atom. The molecular formula is C18H29N2O8SSi-. The van der Waals surface area contributed by atoms with Gasteiger partial charge in [0.1, 0.15) is 0 Å². The van der Waals surface area contributed by atoms with E-state index in [1.807, 2.05) is 20.8 Å². The number of carbonyl (C=O) groups is 2. The third-order valence-electron chi connectivity index (χ3n) is 3.82. The third-order valence-corrected chi connectivity index (χ3v) is 8.57. The highest BCUT2D eigenvalue weighted by Gasteiger charge is 2.39. The number of carboxylic acids is 1. The number of amides is 2. The van der Waals surface area contributed by atoms with Crippen LogP contribution in [-0.4, -0.2) is 61.3 Å². The summed E-state index contributed by atoms with van der Waals surface area (Å²) in [5, 5.41) is 15.8. The third kappa shape index (κ3) is 8.79. The molecule has 2 amide bonds. The van der Waals surface area contributed by atoms with E-state index in [-0.39, 0.29) is 4.90 Å². The number of benzene rings is 1. The van der Waals surface area contributed by atoms with Gasteiger partial charge in [0.2, 0.25) is 0 Å². The fraction of sp³-hybridized carbons (Fsp3) is 0.556. The summed E-state index contributed by atoms with van der Waals surface area (Å²) in [6.07, 6.45) is 0.597. The summed E-state index contributed by atoms with van der Waals surface area (Å²) in [7, 11) is -6.73. The van der Waals surface area contributed by atoms with Crippen LogP contribution in [0.5, 0.6) is 0 Å². The van der Waals surface area contributed by atoms with Gasteiger partial charge in [-0.1, -0.05) is 0 Å². The Kier molecular flexibility index (Phi) is 11.0. The predicted octanol–water partition coefficient (Wildman–Crippen LogP) is 0.770. The summed E-state index contributed by atoms with van der Waals surface area (Å²) in [6, 6.07) is 5.29. The quantitative estimate of drug-likeness (QED) is 0.305. The van der Waals surface area contributed by atoms with E-state index >= 15 is 0 Å². The van der Waals surface area contributed by atoms with Crippen LogP contribution in [0.4, 0.5) is 10.5 Å². The van der Waals surface area contributed by atoms with Crippen LogP contribution < -0.4 is 15.7 Å². The van der Waals surface area contributed by atoms with Gasteiger partial charge in [0, 0.05) is 38.1 Å². The smallest absolute Gasteiger partial charge is 0.500 e. The second kappa shape index (κ2) is 12.6. The lowest BCUT2D eigenvalue weighted by molar-refractivity contribution is -0.301. The highest BCUT2D eigenvalue weighted by Crippen LogP contribution is 2.18. The number of hydrogen-bond acceptors (Lipinski definition) is 8. The van der Waals surface area contributed by atoms with Crippen LogP contribution in [0.25, 0.3) is 0 Å². The zero-order valence-electron chi connectivity index (χ0n) is 17.4. The maximum absolute atomic E-state index is 12.0. The van der Waals surface area contributed by atoms with E-state index in [4.69, 9.17) is 13.3 Å². The predicted molar refractivity (Wildman–Crippen MR) is 111 cm³/mol. The Morgan fingerprint density at radius 3 is 2.00 bits per heavy atom. The van der Waals surface area contributed by atoms with E-state index in [1.165, 1.54) is 24.3 Å². The fourth-order valence-electron chi connectivity index (χ4n) is 2.67. The molecule has 0 unspecified atom stereocenters. The van der Waals surface area contributed by atoms with E-state index in [2.05, 4.69) is 10.6 Å². The molecule has 1 aromatic rings. The minimum Gasteiger partial charge on any atom is -0.549 e. The lowest BCUT2D eigenvalue weighted by Gasteiger charge is -2.28. The van der Waals surface area contributed by atoms with Crippen LogP contribution in [-0.2, 0) is 27.9 Å². The highest BCUT2D eigenvalue weighted by molar-refractivity contribution is 7.92. The van der Waals surface area contributed by atoms with E-state index in [0.29, 0.717) is 44.5 Å². The molecule has 170 valence electrons. The second-order valence-corrected chi connectivity index (χ2v) is 10.8. The lowest BCUT2D eigenvalue weighted by atomic mass is 10.3. The van der Waals surface area contributed by atoms with Gasteiger partial charge in [-0.3, -0.25) is 0 Å². The molecule has 2 N–H and O–H groups in total. The van der Waals surface area contributed by atoms with Crippen LogP contribution in [0.1, 0.15) is 27.2 Å². The van der Waals surface area contributed by atoms with Crippen LogP contribution in [0.3, 0.4) is 0 Å². The summed E-state index contributed by atoms with van der Waals surface area (Å²) >= 11 is 0. The molecule has 0 fully saturated rings. The molecule has 0 bridgehead atoms. The van der Waals surface area contributed by atoms with E-state index in [1.54, 1.807) is 0 Å². The first-order valence-corrected chi connectivity index (χ1v) is 13.3. The van der Waals surface area contributed by atoms with Crippen molar-refractivity contribution in [1.82, 2.24) is 5.32 Å². The maximum Gasteiger partial charge on any atom is 0.500 e. The standard InChI is InChI=1S/C18H30N2O8SSi/c1-4-26-30(27-5-2,28-6-3)13-7-12-19-18(23)20-15-8-10-16(11-9-15)29(24,25)14-17(21)22/h8-11H,4-7,12-14H2,1-3H3,(H,21,22)(H2,19,20,23)/p-1. The molecule has 0 atom stereocenters. The Bertz CT molecular complexity index is 769. The van der Waals surface area contributed by atoms with Gasteiger partial charge in [-0.05, 0) is 51.5 Å². The summed E-state index contributed by atoms with van der Waals surface area (Å²) in [5.41, 5.74) is 0.363. The van der Waals surface area contributed by atoms with Crippen molar-refractivity contribution in [3.05, 3.63) is 24.3 Å². The minimum atomic E-state index is -3.97. The number of carboxylic acid groups (broad SMARTS) is 1. The fourth-order valence-corrected chi connectivity index (χ4v) is 6.31. The molecule has 1 aromatic carbocycles. The molecule has 0 aliphatic rings. The first-order valence-electron chi connectivity index (χ1n) is 9.67. The van der Waals surface area contributed by atoms with Crippen LogP contribution >= 0.6 is 0 Å². The van der Waals surface area contributed by atoms with Crippen molar-refractivity contribution < 1.29 is 36.4 Å².